The molecular formula is C25H27N3O4. The minimum Gasteiger partial charge on any atom is -0.497 e. The number of hydrogen-bond acceptors (Lipinski definition) is 4. The molecule has 4 amide bonds. The van der Waals surface area contributed by atoms with E-state index in [1.54, 1.807) is 12.0 Å². The quantitative estimate of drug-likeness (QED) is 0.710. The number of urea groups is 1. The Morgan fingerprint density at radius 1 is 1.19 bits per heavy atom. The van der Waals surface area contributed by atoms with Gasteiger partial charge in [-0.05, 0) is 73.9 Å². The molecule has 32 heavy (non-hydrogen) atoms. The van der Waals surface area contributed by atoms with Gasteiger partial charge in [0.05, 0.1) is 7.11 Å². The predicted octanol–water partition coefficient (Wildman–Crippen LogP) is 3.22. The van der Waals surface area contributed by atoms with Crippen molar-refractivity contribution in [3.05, 3.63) is 59.7 Å². The Morgan fingerprint density at radius 3 is 2.59 bits per heavy atom. The molecule has 2 aromatic carbocycles. The molecule has 2 unspecified atom stereocenters. The molecule has 1 aliphatic heterocycles. The van der Waals surface area contributed by atoms with Gasteiger partial charge in [-0.2, -0.15) is 0 Å². The van der Waals surface area contributed by atoms with Crippen molar-refractivity contribution < 1.29 is 19.1 Å². The summed E-state index contributed by atoms with van der Waals surface area (Å²) in [6, 6.07) is 14.5. The zero-order valence-corrected chi connectivity index (χ0v) is 18.3. The molecule has 0 bridgehead atoms. The monoisotopic (exact) mass is 433 g/mol. The number of nitrogens with one attached hydrogen (secondary N) is 1. The lowest BCUT2D eigenvalue weighted by molar-refractivity contribution is -0.134. The highest BCUT2D eigenvalue weighted by Gasteiger charge is 2.55. The minimum atomic E-state index is -1.05. The number of methoxy groups -OCH3 is 1. The molecule has 1 saturated carbocycles. The molecule has 2 aliphatic carbocycles. The van der Waals surface area contributed by atoms with Crippen molar-refractivity contribution in [3.8, 4) is 5.75 Å². The highest BCUT2D eigenvalue weighted by atomic mass is 16.5. The number of imide groups is 1. The first kappa shape index (κ1) is 20.5. The molecular weight excluding hydrogens is 406 g/mol. The Hall–Kier alpha value is -3.35. The maximum absolute atomic E-state index is 13.5. The van der Waals surface area contributed by atoms with E-state index in [1.165, 1.54) is 0 Å². The van der Waals surface area contributed by atoms with Crippen LogP contribution in [0.4, 0.5) is 10.5 Å². The lowest BCUT2D eigenvalue weighted by Gasteiger charge is -2.31. The van der Waals surface area contributed by atoms with Gasteiger partial charge in [-0.15, -0.1) is 0 Å². The van der Waals surface area contributed by atoms with E-state index in [0.717, 1.165) is 41.0 Å². The molecule has 0 aromatic heterocycles. The van der Waals surface area contributed by atoms with E-state index < -0.39 is 11.6 Å². The molecule has 1 heterocycles. The van der Waals surface area contributed by atoms with Crippen molar-refractivity contribution in [1.29, 1.82) is 0 Å². The maximum Gasteiger partial charge on any atom is 0.325 e. The van der Waals surface area contributed by atoms with E-state index in [9.17, 15) is 14.4 Å². The van der Waals surface area contributed by atoms with Gasteiger partial charge >= 0.3 is 6.03 Å². The number of nitrogens with zero attached hydrogens (tertiary/aromatic N) is 2. The largest absolute Gasteiger partial charge is 0.497 e. The smallest absolute Gasteiger partial charge is 0.325 e. The molecule has 1 N–H and O–H groups in total. The Kier molecular flexibility index (Phi) is 4.92. The number of anilines is 1. The second-order valence-electron chi connectivity index (χ2n) is 8.92. The highest BCUT2D eigenvalue weighted by Crippen LogP contribution is 2.42. The maximum atomic E-state index is 13.5. The zero-order chi connectivity index (χ0) is 22.5. The third kappa shape index (κ3) is 3.23. The van der Waals surface area contributed by atoms with Crippen LogP contribution in [-0.2, 0) is 21.5 Å². The van der Waals surface area contributed by atoms with Crippen molar-refractivity contribution >= 4 is 23.5 Å². The Morgan fingerprint density at radius 2 is 1.91 bits per heavy atom. The average molecular weight is 434 g/mol. The summed E-state index contributed by atoms with van der Waals surface area (Å²) < 4.78 is 5.24. The zero-order valence-electron chi connectivity index (χ0n) is 18.3. The summed E-state index contributed by atoms with van der Waals surface area (Å²) in [4.78, 5) is 42.6. The van der Waals surface area contributed by atoms with E-state index in [4.69, 9.17) is 4.74 Å². The first-order valence-electron chi connectivity index (χ1n) is 11.1. The molecule has 2 fully saturated rings. The van der Waals surface area contributed by atoms with Gasteiger partial charge in [-0.3, -0.25) is 14.5 Å². The summed E-state index contributed by atoms with van der Waals surface area (Å²) in [5, 5.41) is 2.90. The molecule has 0 radical (unpaired) electrons. The molecule has 2 atom stereocenters. The van der Waals surface area contributed by atoms with Crippen molar-refractivity contribution in [2.24, 2.45) is 5.92 Å². The van der Waals surface area contributed by atoms with Crippen LogP contribution in [-0.4, -0.2) is 42.4 Å². The van der Waals surface area contributed by atoms with Gasteiger partial charge in [0.25, 0.3) is 5.91 Å². The molecule has 7 nitrogen and oxygen atoms in total. The van der Waals surface area contributed by atoms with E-state index in [1.807, 2.05) is 55.5 Å². The summed E-state index contributed by atoms with van der Waals surface area (Å²) >= 11 is 0. The van der Waals surface area contributed by atoms with Gasteiger partial charge in [0.2, 0.25) is 5.91 Å². The first-order valence-corrected chi connectivity index (χ1v) is 11.1. The normalized spacial score (nSPS) is 22.6. The number of carbonyl (C=O) groups is 3. The SMILES string of the molecule is COc1ccc(N(C(=O)CN2C(=O)NC3(CCc4ccccc43)C2=O)C(C)C2CC2)cc1. The Balaban J connectivity index is 1.41. The van der Waals surface area contributed by atoms with Crippen LogP contribution in [0.1, 0.15) is 37.3 Å². The number of carbonyl (C=O) groups excluding carboxylic acids is 3. The molecule has 1 saturated heterocycles. The van der Waals surface area contributed by atoms with Crippen LogP contribution in [0.15, 0.2) is 48.5 Å². The number of hydrogen-bond donors (Lipinski definition) is 1. The van der Waals surface area contributed by atoms with E-state index in [0.29, 0.717) is 18.1 Å². The van der Waals surface area contributed by atoms with E-state index >= 15 is 0 Å². The van der Waals surface area contributed by atoms with Crippen molar-refractivity contribution in [3.63, 3.8) is 0 Å². The molecule has 7 heteroatoms. The summed E-state index contributed by atoms with van der Waals surface area (Å²) in [6.07, 6.45) is 3.39. The van der Waals surface area contributed by atoms with Gasteiger partial charge < -0.3 is 15.0 Å². The topological polar surface area (TPSA) is 79.0 Å². The molecule has 5 rings (SSSR count). The predicted molar refractivity (Wildman–Crippen MR) is 119 cm³/mol. The van der Waals surface area contributed by atoms with Gasteiger partial charge in [0, 0.05) is 11.7 Å². The van der Waals surface area contributed by atoms with Crippen LogP contribution in [0.5, 0.6) is 5.75 Å². The van der Waals surface area contributed by atoms with Gasteiger partial charge in [-0.25, -0.2) is 4.79 Å². The third-order valence-electron chi connectivity index (χ3n) is 7.05. The second kappa shape index (κ2) is 7.65. The first-order chi connectivity index (χ1) is 15.4. The molecule has 3 aliphatic rings. The number of benzene rings is 2. The van der Waals surface area contributed by atoms with Crippen LogP contribution >= 0.6 is 0 Å². The Bertz CT molecular complexity index is 1080. The van der Waals surface area contributed by atoms with Gasteiger partial charge in [-0.1, -0.05) is 24.3 Å². The number of ether oxygens (including phenoxy) is 1. The summed E-state index contributed by atoms with van der Waals surface area (Å²) in [5.41, 5.74) is 1.59. The van der Waals surface area contributed by atoms with Crippen molar-refractivity contribution in [2.75, 3.05) is 18.6 Å². The van der Waals surface area contributed by atoms with E-state index in [2.05, 4.69) is 5.32 Å². The van der Waals surface area contributed by atoms with Gasteiger partial charge in [0.15, 0.2) is 0 Å². The Labute approximate surface area is 187 Å². The fraction of sp³-hybridized carbons (Fsp3) is 0.400. The minimum absolute atomic E-state index is 0.0159. The fourth-order valence-corrected chi connectivity index (χ4v) is 5.08. The molecule has 2 aromatic rings. The third-order valence-corrected chi connectivity index (χ3v) is 7.05. The van der Waals surface area contributed by atoms with Crippen LogP contribution in [0, 0.1) is 5.92 Å². The van der Waals surface area contributed by atoms with Crippen LogP contribution < -0.4 is 15.0 Å². The van der Waals surface area contributed by atoms with Crippen LogP contribution in [0.3, 0.4) is 0 Å². The highest BCUT2D eigenvalue weighted by molar-refractivity contribution is 6.11. The summed E-state index contributed by atoms with van der Waals surface area (Å²) in [5.74, 6) is 0.532. The fourth-order valence-electron chi connectivity index (χ4n) is 5.08. The summed E-state index contributed by atoms with van der Waals surface area (Å²) in [6.45, 7) is 1.75. The molecule has 1 spiro atoms. The van der Waals surface area contributed by atoms with Gasteiger partial charge in [0.1, 0.15) is 17.8 Å². The lowest BCUT2D eigenvalue weighted by atomic mass is 9.92. The number of fused-ring (bicyclic) bond motifs is 2. The summed E-state index contributed by atoms with van der Waals surface area (Å²) in [7, 11) is 1.60. The van der Waals surface area contributed by atoms with Crippen molar-refractivity contribution in [2.45, 2.75) is 44.2 Å². The number of rotatable bonds is 6. The van der Waals surface area contributed by atoms with Crippen LogP contribution in [0.25, 0.3) is 0 Å². The van der Waals surface area contributed by atoms with E-state index in [-0.39, 0.29) is 24.4 Å². The molecule has 166 valence electrons. The second-order valence-corrected chi connectivity index (χ2v) is 8.92. The van der Waals surface area contributed by atoms with Crippen LogP contribution in [0.2, 0.25) is 0 Å². The standard InChI is InChI=1S/C25H27N3O4/c1-16(17-7-8-17)28(19-9-11-20(32-2)12-10-19)22(29)15-27-23(30)25(26-24(27)31)14-13-18-5-3-4-6-21(18)25/h3-6,9-12,16-17H,7-8,13-15H2,1-2H3,(H,26,31). The van der Waals surface area contributed by atoms with Crippen molar-refractivity contribution in [1.82, 2.24) is 10.2 Å². The average Bonchev–Trinajstić information content (AvgIpc) is 3.56. The lowest BCUT2D eigenvalue weighted by Crippen LogP contribution is -2.48. The number of aryl methyl sites for hydroxylation is 1. The number of amides is 4.